The molecule has 0 aliphatic rings. The highest BCUT2D eigenvalue weighted by atomic mass is 32.1. The quantitative estimate of drug-likeness (QED) is 0.181. The molecule has 4 heterocycles. The van der Waals surface area contributed by atoms with E-state index in [0.717, 1.165) is 21.1 Å². The van der Waals surface area contributed by atoms with E-state index in [1.54, 1.807) is 22.7 Å². The third kappa shape index (κ3) is 5.37. The second-order valence-electron chi connectivity index (χ2n) is 7.92. The minimum absolute atomic E-state index is 0.973. The standard InChI is InChI=1S/C30H20N2S4/c1-3-7-21(8-4-1)31-19-23-11-13-25(33-23)27-15-17-29(35-27)30-18-16-28(36-30)26-14-12-24(34-26)20-32-22-9-5-2-6-10-22/h1-20H/b31-19+,32-20+. The van der Waals surface area contributed by atoms with Gasteiger partial charge in [0, 0.05) is 51.4 Å². The summed E-state index contributed by atoms with van der Waals surface area (Å²) in [4.78, 5) is 19.2. The summed E-state index contributed by atoms with van der Waals surface area (Å²) in [7, 11) is 0. The molecular weight excluding hydrogens is 517 g/mol. The summed E-state index contributed by atoms with van der Waals surface area (Å²) in [6, 6.07) is 37.7. The molecule has 0 aliphatic heterocycles. The van der Waals surface area contributed by atoms with E-state index in [1.807, 2.05) is 95.8 Å². The largest absolute Gasteiger partial charge is 0.255 e. The van der Waals surface area contributed by atoms with Gasteiger partial charge in [-0.15, -0.1) is 45.3 Å². The summed E-state index contributed by atoms with van der Waals surface area (Å²) in [5.74, 6) is 0. The second-order valence-corrected chi connectivity index (χ2v) is 12.3. The van der Waals surface area contributed by atoms with E-state index in [2.05, 4.69) is 58.5 Å². The van der Waals surface area contributed by atoms with Crippen LogP contribution in [-0.4, -0.2) is 12.4 Å². The number of thiophene rings is 4. The first kappa shape index (κ1) is 23.0. The van der Waals surface area contributed by atoms with E-state index in [-0.39, 0.29) is 0 Å². The van der Waals surface area contributed by atoms with Crippen molar-refractivity contribution in [1.82, 2.24) is 0 Å². The minimum Gasteiger partial charge on any atom is -0.255 e. The summed E-state index contributed by atoms with van der Waals surface area (Å²) in [6.45, 7) is 0. The molecule has 0 atom stereocenters. The van der Waals surface area contributed by atoms with E-state index in [1.165, 1.54) is 29.3 Å². The van der Waals surface area contributed by atoms with Gasteiger partial charge in [-0.05, 0) is 72.8 Å². The van der Waals surface area contributed by atoms with Crippen LogP contribution >= 0.6 is 45.3 Å². The molecule has 0 spiro atoms. The predicted molar refractivity (Wildman–Crippen MR) is 162 cm³/mol. The molecule has 0 N–H and O–H groups in total. The summed E-state index contributed by atoms with van der Waals surface area (Å²) >= 11 is 7.24. The van der Waals surface area contributed by atoms with Crippen LogP contribution in [0.4, 0.5) is 11.4 Å². The zero-order valence-electron chi connectivity index (χ0n) is 19.1. The van der Waals surface area contributed by atoms with Gasteiger partial charge in [-0.2, -0.15) is 0 Å². The predicted octanol–water partition coefficient (Wildman–Crippen LogP) is 10.4. The molecule has 6 rings (SSSR count). The molecule has 36 heavy (non-hydrogen) atoms. The van der Waals surface area contributed by atoms with Crippen LogP contribution in [0.25, 0.3) is 29.3 Å². The van der Waals surface area contributed by atoms with E-state index < -0.39 is 0 Å². The van der Waals surface area contributed by atoms with Gasteiger partial charge in [0.25, 0.3) is 0 Å². The number of nitrogens with zero attached hydrogens (tertiary/aromatic N) is 2. The SMILES string of the molecule is C(=N\c1ccccc1)/c1ccc(-c2ccc(-c3ccc(-c4ccc(/C=N/c5ccccc5)s4)s3)s2)s1. The Bertz CT molecular complexity index is 1510. The summed E-state index contributed by atoms with van der Waals surface area (Å²) in [6.07, 6.45) is 3.90. The number of benzene rings is 2. The van der Waals surface area contributed by atoms with E-state index >= 15 is 0 Å². The van der Waals surface area contributed by atoms with E-state index in [4.69, 9.17) is 0 Å². The lowest BCUT2D eigenvalue weighted by atomic mass is 10.3. The zero-order valence-corrected chi connectivity index (χ0v) is 22.3. The number of hydrogen-bond acceptors (Lipinski definition) is 6. The molecule has 0 unspecified atom stereocenters. The summed E-state index contributed by atoms with van der Waals surface area (Å²) in [5.41, 5.74) is 1.95. The van der Waals surface area contributed by atoms with Gasteiger partial charge in [0.2, 0.25) is 0 Å². The Morgan fingerprint density at radius 1 is 0.361 bits per heavy atom. The molecule has 0 radical (unpaired) electrons. The first-order valence-electron chi connectivity index (χ1n) is 11.4. The minimum atomic E-state index is 0.973. The number of rotatable bonds is 7. The highest BCUT2D eigenvalue weighted by Crippen LogP contribution is 2.42. The van der Waals surface area contributed by atoms with Gasteiger partial charge in [0.05, 0.1) is 11.4 Å². The molecule has 0 fully saturated rings. The van der Waals surface area contributed by atoms with Crippen LogP contribution in [-0.2, 0) is 0 Å². The average Bonchev–Trinajstić information content (AvgIpc) is 3.73. The molecule has 0 bridgehead atoms. The van der Waals surface area contributed by atoms with E-state index in [0.29, 0.717) is 0 Å². The second kappa shape index (κ2) is 10.7. The first-order chi connectivity index (χ1) is 17.8. The van der Waals surface area contributed by atoms with Crippen LogP contribution in [0.1, 0.15) is 9.75 Å². The lowest BCUT2D eigenvalue weighted by molar-refractivity contribution is 1.54. The molecule has 174 valence electrons. The third-order valence-electron chi connectivity index (χ3n) is 5.39. The molecule has 0 saturated carbocycles. The Morgan fingerprint density at radius 2 is 0.694 bits per heavy atom. The van der Waals surface area contributed by atoms with Crippen LogP contribution < -0.4 is 0 Å². The monoisotopic (exact) mass is 536 g/mol. The van der Waals surface area contributed by atoms with Crippen molar-refractivity contribution in [3.05, 3.63) is 119 Å². The maximum Gasteiger partial charge on any atom is 0.0630 e. The van der Waals surface area contributed by atoms with Gasteiger partial charge < -0.3 is 0 Å². The molecular formula is C30H20N2S4. The van der Waals surface area contributed by atoms with Crippen LogP contribution in [0.3, 0.4) is 0 Å². The number of hydrogen-bond donors (Lipinski definition) is 0. The van der Waals surface area contributed by atoms with Crippen LogP contribution in [0.2, 0.25) is 0 Å². The van der Waals surface area contributed by atoms with E-state index in [9.17, 15) is 0 Å². The molecule has 6 heteroatoms. The number of aliphatic imine (C=N–C) groups is 2. The Kier molecular flexibility index (Phi) is 6.83. The topological polar surface area (TPSA) is 24.7 Å². The highest BCUT2D eigenvalue weighted by Gasteiger charge is 2.11. The van der Waals surface area contributed by atoms with Crippen molar-refractivity contribution in [3.8, 4) is 29.3 Å². The maximum atomic E-state index is 4.58. The van der Waals surface area contributed by atoms with Gasteiger partial charge >= 0.3 is 0 Å². The highest BCUT2D eigenvalue weighted by molar-refractivity contribution is 7.28. The zero-order chi connectivity index (χ0) is 24.2. The lowest BCUT2D eigenvalue weighted by Gasteiger charge is -1.92. The molecule has 0 saturated heterocycles. The van der Waals surface area contributed by atoms with Crippen molar-refractivity contribution in [2.75, 3.05) is 0 Å². The van der Waals surface area contributed by atoms with Crippen LogP contribution in [0.15, 0.2) is 119 Å². The van der Waals surface area contributed by atoms with Crippen molar-refractivity contribution < 1.29 is 0 Å². The van der Waals surface area contributed by atoms with Crippen molar-refractivity contribution in [3.63, 3.8) is 0 Å². The van der Waals surface area contributed by atoms with Crippen molar-refractivity contribution in [1.29, 1.82) is 0 Å². The maximum absolute atomic E-state index is 4.58. The molecule has 2 nitrogen and oxygen atoms in total. The third-order valence-corrected chi connectivity index (χ3v) is 10.2. The normalized spacial score (nSPS) is 11.7. The van der Waals surface area contributed by atoms with Crippen molar-refractivity contribution in [2.45, 2.75) is 0 Å². The fraction of sp³-hybridized carbons (Fsp3) is 0. The van der Waals surface area contributed by atoms with Crippen LogP contribution in [0, 0.1) is 0 Å². The smallest absolute Gasteiger partial charge is 0.0630 e. The first-order valence-corrected chi connectivity index (χ1v) is 14.7. The molecule has 0 aliphatic carbocycles. The van der Waals surface area contributed by atoms with Crippen LogP contribution in [0.5, 0.6) is 0 Å². The molecule has 2 aromatic carbocycles. The van der Waals surface area contributed by atoms with Gasteiger partial charge in [-0.3, -0.25) is 9.98 Å². The van der Waals surface area contributed by atoms with Crippen molar-refractivity contribution >= 4 is 69.2 Å². The molecule has 4 aromatic heterocycles. The van der Waals surface area contributed by atoms with Gasteiger partial charge in [-0.25, -0.2) is 0 Å². The van der Waals surface area contributed by atoms with Crippen molar-refractivity contribution in [2.24, 2.45) is 9.98 Å². The number of para-hydroxylation sites is 2. The molecule has 0 amide bonds. The summed E-state index contributed by atoms with van der Waals surface area (Å²) < 4.78 is 0. The van der Waals surface area contributed by atoms with Gasteiger partial charge in [0.1, 0.15) is 0 Å². The Hall–Kier alpha value is -3.42. The van der Waals surface area contributed by atoms with Gasteiger partial charge in [-0.1, -0.05) is 36.4 Å². The Morgan fingerprint density at radius 3 is 1.08 bits per heavy atom. The Labute approximate surface area is 226 Å². The molecule has 6 aromatic rings. The Balaban J connectivity index is 1.15. The lowest BCUT2D eigenvalue weighted by Crippen LogP contribution is -1.70. The fourth-order valence-corrected chi connectivity index (χ4v) is 7.66. The average molecular weight is 537 g/mol. The fourth-order valence-electron chi connectivity index (χ4n) is 3.62. The summed E-state index contributed by atoms with van der Waals surface area (Å²) in [5, 5.41) is 0. The van der Waals surface area contributed by atoms with Gasteiger partial charge in [0.15, 0.2) is 0 Å².